The van der Waals surface area contributed by atoms with E-state index in [-0.39, 0.29) is 5.54 Å². The molecule has 0 unspecified atom stereocenters. The third kappa shape index (κ3) is 4.86. The van der Waals surface area contributed by atoms with E-state index < -0.39 is 0 Å². The Morgan fingerprint density at radius 2 is 1.95 bits per heavy atom. The summed E-state index contributed by atoms with van der Waals surface area (Å²) in [4.78, 5) is 2.57. The molecule has 1 aliphatic heterocycles. The molecule has 2 rings (SSSR count). The summed E-state index contributed by atoms with van der Waals surface area (Å²) in [6.45, 7) is 15.6. The summed E-state index contributed by atoms with van der Waals surface area (Å²) in [5.41, 5.74) is 2.02. The third-order valence-corrected chi connectivity index (χ3v) is 4.93. The van der Waals surface area contributed by atoms with Crippen molar-refractivity contribution < 1.29 is 4.42 Å². The molecule has 21 heavy (non-hydrogen) atoms. The summed E-state index contributed by atoms with van der Waals surface area (Å²) < 4.78 is 5.67. The Kier molecular flexibility index (Phi) is 5.15. The highest BCUT2D eigenvalue weighted by molar-refractivity contribution is 5.17. The van der Waals surface area contributed by atoms with Gasteiger partial charge in [-0.05, 0) is 58.2 Å². The monoisotopic (exact) mass is 292 g/mol. The second kappa shape index (κ2) is 6.53. The van der Waals surface area contributed by atoms with E-state index in [9.17, 15) is 0 Å². The molecule has 3 nitrogen and oxygen atoms in total. The van der Waals surface area contributed by atoms with Gasteiger partial charge in [-0.25, -0.2) is 0 Å². The highest BCUT2D eigenvalue weighted by Crippen LogP contribution is 2.34. The Hall–Kier alpha value is -0.800. The molecule has 0 amide bonds. The maximum Gasteiger partial charge on any atom is 0.122 e. The fraction of sp³-hybridized carbons (Fsp3) is 0.778. The van der Waals surface area contributed by atoms with Crippen LogP contribution < -0.4 is 5.32 Å². The maximum absolute atomic E-state index is 5.67. The number of piperidine rings is 1. The molecule has 1 aliphatic rings. The highest BCUT2D eigenvalue weighted by Gasteiger charge is 2.28. The molecule has 1 N–H and O–H groups in total. The van der Waals surface area contributed by atoms with Crippen molar-refractivity contribution in [2.45, 2.75) is 72.5 Å². The second-order valence-corrected chi connectivity index (χ2v) is 7.91. The molecule has 1 aromatic rings. The average Bonchev–Trinajstić information content (AvgIpc) is 2.86. The smallest absolute Gasteiger partial charge is 0.122 e. The van der Waals surface area contributed by atoms with E-state index in [0.29, 0.717) is 5.41 Å². The van der Waals surface area contributed by atoms with Gasteiger partial charge in [-0.3, -0.25) is 4.90 Å². The molecular formula is C18H32N2O. The number of furan rings is 1. The number of hydrogen-bond donors (Lipinski definition) is 1. The number of likely N-dealkylation sites (tertiary alicyclic amines) is 1. The van der Waals surface area contributed by atoms with Crippen LogP contribution in [-0.2, 0) is 13.1 Å². The molecule has 1 fully saturated rings. The SMILES string of the molecule is CCC1(C)CCN(Cc2ccoc2CNC(C)(C)C)CC1. The topological polar surface area (TPSA) is 28.4 Å². The lowest BCUT2D eigenvalue weighted by Gasteiger charge is -2.38. The zero-order valence-electron chi connectivity index (χ0n) is 14.5. The molecule has 1 aromatic heterocycles. The summed E-state index contributed by atoms with van der Waals surface area (Å²) >= 11 is 0. The quantitative estimate of drug-likeness (QED) is 0.882. The summed E-state index contributed by atoms with van der Waals surface area (Å²) in [5.74, 6) is 1.09. The first kappa shape index (κ1) is 16.6. The largest absolute Gasteiger partial charge is 0.468 e. The number of hydrogen-bond acceptors (Lipinski definition) is 3. The minimum Gasteiger partial charge on any atom is -0.468 e. The normalized spacial score (nSPS) is 19.9. The van der Waals surface area contributed by atoms with Gasteiger partial charge in [-0.2, -0.15) is 0 Å². The lowest BCUT2D eigenvalue weighted by Crippen LogP contribution is -2.38. The Bertz CT molecular complexity index is 436. The molecule has 0 radical (unpaired) electrons. The van der Waals surface area contributed by atoms with Crippen molar-refractivity contribution in [2.24, 2.45) is 5.41 Å². The minimum absolute atomic E-state index is 0.123. The molecule has 1 saturated heterocycles. The Balaban J connectivity index is 1.88. The van der Waals surface area contributed by atoms with E-state index in [1.807, 2.05) is 6.26 Å². The minimum atomic E-state index is 0.123. The standard InChI is InChI=1S/C18H32N2O/c1-6-18(5)8-10-20(11-9-18)14-15-7-12-21-16(15)13-19-17(2,3)4/h7,12,19H,6,8-11,13-14H2,1-5H3. The summed E-state index contributed by atoms with van der Waals surface area (Å²) in [7, 11) is 0. The van der Waals surface area contributed by atoms with E-state index in [1.165, 1.54) is 37.9 Å². The van der Waals surface area contributed by atoms with E-state index in [0.717, 1.165) is 18.8 Å². The second-order valence-electron chi connectivity index (χ2n) is 7.91. The Labute approximate surface area is 130 Å². The molecule has 0 aromatic carbocycles. The van der Waals surface area contributed by atoms with Crippen molar-refractivity contribution in [3.8, 4) is 0 Å². The van der Waals surface area contributed by atoms with Crippen molar-refractivity contribution in [2.75, 3.05) is 13.1 Å². The molecule has 0 saturated carbocycles. The summed E-state index contributed by atoms with van der Waals surface area (Å²) in [6.07, 6.45) is 5.76. The number of rotatable bonds is 5. The fourth-order valence-electron chi connectivity index (χ4n) is 2.85. The molecule has 3 heteroatoms. The number of nitrogens with zero attached hydrogens (tertiary/aromatic N) is 1. The predicted octanol–water partition coefficient (Wildman–Crippen LogP) is 4.18. The molecule has 0 atom stereocenters. The van der Waals surface area contributed by atoms with Gasteiger partial charge in [0.1, 0.15) is 5.76 Å². The van der Waals surface area contributed by atoms with Crippen molar-refractivity contribution in [3.05, 3.63) is 23.7 Å². The first-order valence-corrected chi connectivity index (χ1v) is 8.34. The van der Waals surface area contributed by atoms with Crippen molar-refractivity contribution in [1.29, 1.82) is 0 Å². The van der Waals surface area contributed by atoms with Crippen molar-refractivity contribution in [3.63, 3.8) is 0 Å². The zero-order valence-corrected chi connectivity index (χ0v) is 14.5. The van der Waals surface area contributed by atoms with Gasteiger partial charge in [0.15, 0.2) is 0 Å². The van der Waals surface area contributed by atoms with Gasteiger partial charge < -0.3 is 9.73 Å². The van der Waals surface area contributed by atoms with Crippen LogP contribution in [0.2, 0.25) is 0 Å². The van der Waals surface area contributed by atoms with Gasteiger partial charge in [0.05, 0.1) is 12.8 Å². The first-order valence-electron chi connectivity index (χ1n) is 8.34. The van der Waals surface area contributed by atoms with Crippen LogP contribution in [-0.4, -0.2) is 23.5 Å². The molecular weight excluding hydrogens is 260 g/mol. The van der Waals surface area contributed by atoms with Crippen LogP contribution in [0.5, 0.6) is 0 Å². The molecule has 2 heterocycles. The number of nitrogens with one attached hydrogen (secondary N) is 1. The van der Waals surface area contributed by atoms with Gasteiger partial charge in [-0.15, -0.1) is 0 Å². The Morgan fingerprint density at radius 3 is 2.52 bits per heavy atom. The third-order valence-electron chi connectivity index (χ3n) is 4.93. The maximum atomic E-state index is 5.67. The fourth-order valence-corrected chi connectivity index (χ4v) is 2.85. The van der Waals surface area contributed by atoms with Crippen LogP contribution in [0.4, 0.5) is 0 Å². The van der Waals surface area contributed by atoms with Crippen molar-refractivity contribution >= 4 is 0 Å². The molecule has 0 spiro atoms. The van der Waals surface area contributed by atoms with Gasteiger partial charge in [0.2, 0.25) is 0 Å². The average molecular weight is 292 g/mol. The lowest BCUT2D eigenvalue weighted by atomic mass is 9.78. The van der Waals surface area contributed by atoms with E-state index in [2.05, 4.69) is 50.9 Å². The van der Waals surface area contributed by atoms with Crippen LogP contribution in [0.15, 0.2) is 16.7 Å². The zero-order chi connectivity index (χ0) is 15.5. The lowest BCUT2D eigenvalue weighted by molar-refractivity contribution is 0.109. The molecule has 0 bridgehead atoms. The highest BCUT2D eigenvalue weighted by atomic mass is 16.3. The van der Waals surface area contributed by atoms with E-state index in [1.54, 1.807) is 0 Å². The summed E-state index contributed by atoms with van der Waals surface area (Å²) in [6, 6.07) is 2.13. The predicted molar refractivity (Wildman–Crippen MR) is 88.2 cm³/mol. The van der Waals surface area contributed by atoms with Crippen LogP contribution in [0.3, 0.4) is 0 Å². The Morgan fingerprint density at radius 1 is 1.29 bits per heavy atom. The van der Waals surface area contributed by atoms with E-state index in [4.69, 9.17) is 4.42 Å². The van der Waals surface area contributed by atoms with Gasteiger partial charge in [0.25, 0.3) is 0 Å². The van der Waals surface area contributed by atoms with Crippen LogP contribution >= 0.6 is 0 Å². The summed E-state index contributed by atoms with van der Waals surface area (Å²) in [5, 5.41) is 3.51. The molecule has 0 aliphatic carbocycles. The first-order chi connectivity index (χ1) is 9.81. The van der Waals surface area contributed by atoms with Gasteiger partial charge in [-0.1, -0.05) is 20.3 Å². The van der Waals surface area contributed by atoms with Crippen LogP contribution in [0.1, 0.15) is 65.2 Å². The van der Waals surface area contributed by atoms with Gasteiger partial charge >= 0.3 is 0 Å². The van der Waals surface area contributed by atoms with E-state index >= 15 is 0 Å². The van der Waals surface area contributed by atoms with Crippen LogP contribution in [0, 0.1) is 5.41 Å². The van der Waals surface area contributed by atoms with Gasteiger partial charge in [0, 0.05) is 17.6 Å². The van der Waals surface area contributed by atoms with Crippen LogP contribution in [0.25, 0.3) is 0 Å². The van der Waals surface area contributed by atoms with Crippen molar-refractivity contribution in [1.82, 2.24) is 10.2 Å². The molecule has 120 valence electrons.